The van der Waals surface area contributed by atoms with Gasteiger partial charge in [-0.05, 0) is 18.4 Å². The van der Waals surface area contributed by atoms with E-state index in [1.165, 1.54) is 6.92 Å². The molecular formula is C6H9F3O3P+. The topological polar surface area (TPSA) is 43.4 Å². The van der Waals surface area contributed by atoms with Gasteiger partial charge in [0.05, 0.1) is 6.61 Å². The zero-order valence-electron chi connectivity index (χ0n) is 7.09. The molecule has 0 aromatic carbocycles. The normalized spacial score (nSPS) is 15.3. The fourth-order valence-corrected chi connectivity index (χ4v) is 1.64. The van der Waals surface area contributed by atoms with Crippen LogP contribution < -0.4 is 0 Å². The molecule has 0 saturated heterocycles. The van der Waals surface area contributed by atoms with Crippen molar-refractivity contribution in [1.82, 2.24) is 0 Å². The SMILES string of the molecule is CCO[P+](=O)C(C(C)=O)C(F)(F)F. The summed E-state index contributed by atoms with van der Waals surface area (Å²) in [6.45, 7) is 2.03. The number of hydrogen-bond acceptors (Lipinski definition) is 3. The summed E-state index contributed by atoms with van der Waals surface area (Å²) in [6, 6.07) is 0. The van der Waals surface area contributed by atoms with Crippen molar-refractivity contribution in [1.29, 1.82) is 0 Å². The maximum absolute atomic E-state index is 12.1. The lowest BCUT2D eigenvalue weighted by Gasteiger charge is -2.06. The number of ketones is 1. The molecule has 0 bridgehead atoms. The molecule has 7 heteroatoms. The summed E-state index contributed by atoms with van der Waals surface area (Å²) >= 11 is 0. The Balaban J connectivity index is 4.63. The molecule has 0 radical (unpaired) electrons. The van der Waals surface area contributed by atoms with Crippen molar-refractivity contribution >= 4 is 13.8 Å². The second kappa shape index (κ2) is 4.67. The fourth-order valence-electron chi connectivity index (χ4n) is 0.700. The van der Waals surface area contributed by atoms with Gasteiger partial charge < -0.3 is 0 Å². The quantitative estimate of drug-likeness (QED) is 0.678. The summed E-state index contributed by atoms with van der Waals surface area (Å²) in [6.07, 6.45) is -4.80. The van der Waals surface area contributed by atoms with E-state index in [0.717, 1.165) is 6.92 Å². The molecule has 3 nitrogen and oxygen atoms in total. The summed E-state index contributed by atoms with van der Waals surface area (Å²) < 4.78 is 51.3. The number of alkyl halides is 3. The molecule has 0 saturated carbocycles. The number of carbonyl (C=O) groups excluding carboxylic acids is 1. The molecule has 76 valence electrons. The number of halogens is 3. The van der Waals surface area contributed by atoms with Crippen LogP contribution in [0.4, 0.5) is 13.2 Å². The second-order valence-corrected chi connectivity index (χ2v) is 3.60. The van der Waals surface area contributed by atoms with Crippen LogP contribution in [0.25, 0.3) is 0 Å². The Kier molecular flexibility index (Phi) is 4.50. The van der Waals surface area contributed by atoms with E-state index in [9.17, 15) is 22.5 Å². The van der Waals surface area contributed by atoms with Gasteiger partial charge in [-0.1, -0.05) is 0 Å². The van der Waals surface area contributed by atoms with Gasteiger partial charge in [-0.3, -0.25) is 4.79 Å². The first kappa shape index (κ1) is 12.5. The fraction of sp³-hybridized carbons (Fsp3) is 0.833. The van der Waals surface area contributed by atoms with Crippen LogP contribution in [-0.2, 0) is 13.9 Å². The number of Topliss-reactive ketones (excluding diaryl/α,β-unsaturated/α-hetero) is 1. The van der Waals surface area contributed by atoms with Crippen LogP contribution in [0.5, 0.6) is 0 Å². The molecule has 0 amide bonds. The van der Waals surface area contributed by atoms with Crippen LogP contribution in [0.15, 0.2) is 0 Å². The number of rotatable bonds is 4. The monoisotopic (exact) mass is 217 g/mol. The molecule has 0 heterocycles. The van der Waals surface area contributed by atoms with Gasteiger partial charge in [0, 0.05) is 0 Å². The van der Waals surface area contributed by atoms with Gasteiger partial charge in [0.25, 0.3) is 0 Å². The summed E-state index contributed by atoms with van der Waals surface area (Å²) in [5, 5.41) is 0. The molecule has 0 aliphatic carbocycles. The second-order valence-electron chi connectivity index (χ2n) is 2.26. The third-order valence-corrected chi connectivity index (χ3v) is 2.75. The van der Waals surface area contributed by atoms with Crippen molar-refractivity contribution in [2.45, 2.75) is 25.7 Å². The third-order valence-electron chi connectivity index (χ3n) is 1.16. The molecule has 0 fully saturated rings. The van der Waals surface area contributed by atoms with Gasteiger partial charge in [-0.15, -0.1) is 4.52 Å². The highest BCUT2D eigenvalue weighted by molar-refractivity contribution is 7.41. The zero-order valence-corrected chi connectivity index (χ0v) is 7.98. The Bertz CT molecular complexity index is 214. The lowest BCUT2D eigenvalue weighted by atomic mass is 10.3. The highest BCUT2D eigenvalue weighted by atomic mass is 31.1. The van der Waals surface area contributed by atoms with Crippen molar-refractivity contribution < 1.29 is 27.1 Å². The summed E-state index contributed by atoms with van der Waals surface area (Å²) in [7, 11) is -3.00. The van der Waals surface area contributed by atoms with Gasteiger partial charge in [0.1, 0.15) is 0 Å². The average Bonchev–Trinajstić information content (AvgIpc) is 1.82. The van der Waals surface area contributed by atoms with E-state index in [0.29, 0.717) is 0 Å². The first-order valence-electron chi connectivity index (χ1n) is 3.47. The Morgan fingerprint density at radius 1 is 1.54 bits per heavy atom. The van der Waals surface area contributed by atoms with Gasteiger partial charge in [-0.2, -0.15) is 13.2 Å². The van der Waals surface area contributed by atoms with Gasteiger partial charge in [-0.25, -0.2) is 0 Å². The predicted molar refractivity (Wildman–Crippen MR) is 39.8 cm³/mol. The van der Waals surface area contributed by atoms with Crippen LogP contribution in [0.2, 0.25) is 0 Å². The zero-order chi connectivity index (χ0) is 10.6. The minimum absolute atomic E-state index is 0.116. The Morgan fingerprint density at radius 3 is 2.23 bits per heavy atom. The smallest absolute Gasteiger partial charge is 0.294 e. The van der Waals surface area contributed by atoms with Crippen LogP contribution in [0.3, 0.4) is 0 Å². The Hall–Kier alpha value is -0.480. The molecule has 0 spiro atoms. The number of carbonyl (C=O) groups is 1. The molecule has 0 aromatic rings. The van der Waals surface area contributed by atoms with Crippen molar-refractivity contribution in [3.8, 4) is 0 Å². The molecule has 2 atom stereocenters. The van der Waals surface area contributed by atoms with Gasteiger partial charge in [0.15, 0.2) is 5.78 Å². The van der Waals surface area contributed by atoms with E-state index in [-0.39, 0.29) is 6.61 Å². The highest BCUT2D eigenvalue weighted by Gasteiger charge is 2.58. The van der Waals surface area contributed by atoms with Crippen LogP contribution >= 0.6 is 8.03 Å². The minimum atomic E-state index is -4.80. The van der Waals surface area contributed by atoms with Crippen molar-refractivity contribution in [3.63, 3.8) is 0 Å². The van der Waals surface area contributed by atoms with E-state index in [2.05, 4.69) is 4.52 Å². The summed E-state index contributed by atoms with van der Waals surface area (Å²) in [4.78, 5) is 10.5. The highest BCUT2D eigenvalue weighted by Crippen LogP contribution is 2.40. The lowest BCUT2D eigenvalue weighted by molar-refractivity contribution is -0.148. The van der Waals surface area contributed by atoms with E-state index < -0.39 is 25.6 Å². The van der Waals surface area contributed by atoms with E-state index in [1.807, 2.05) is 0 Å². The van der Waals surface area contributed by atoms with Crippen LogP contribution in [-0.4, -0.2) is 24.2 Å². The molecule has 0 N–H and O–H groups in total. The largest absolute Gasteiger partial charge is 0.529 e. The van der Waals surface area contributed by atoms with Gasteiger partial charge in [0.2, 0.25) is 0 Å². The molecule has 0 aromatic heterocycles. The number of hydrogen-bond donors (Lipinski definition) is 0. The summed E-state index contributed by atoms with van der Waals surface area (Å²) in [5.41, 5.74) is -2.50. The van der Waals surface area contributed by atoms with E-state index >= 15 is 0 Å². The van der Waals surface area contributed by atoms with Crippen molar-refractivity contribution in [2.24, 2.45) is 0 Å². The first-order chi connectivity index (χ1) is 5.80. The van der Waals surface area contributed by atoms with E-state index in [4.69, 9.17) is 0 Å². The lowest BCUT2D eigenvalue weighted by Crippen LogP contribution is -2.32. The minimum Gasteiger partial charge on any atom is -0.294 e. The molecule has 0 rings (SSSR count). The van der Waals surface area contributed by atoms with E-state index in [1.54, 1.807) is 0 Å². The van der Waals surface area contributed by atoms with Gasteiger partial charge >= 0.3 is 19.9 Å². The molecule has 13 heavy (non-hydrogen) atoms. The third kappa shape index (κ3) is 3.83. The van der Waals surface area contributed by atoms with Crippen molar-refractivity contribution in [2.75, 3.05) is 6.61 Å². The van der Waals surface area contributed by atoms with Crippen molar-refractivity contribution in [3.05, 3.63) is 0 Å². The Labute approximate surface area is 74.1 Å². The van der Waals surface area contributed by atoms with Crippen LogP contribution in [0, 0.1) is 0 Å². The predicted octanol–water partition coefficient (Wildman–Crippen LogP) is 2.29. The Morgan fingerprint density at radius 2 is 2.00 bits per heavy atom. The first-order valence-corrected chi connectivity index (χ1v) is 4.71. The maximum atomic E-state index is 12.1. The molecule has 0 aliphatic rings. The molecule has 0 aliphatic heterocycles. The average molecular weight is 217 g/mol. The molecule has 2 unspecified atom stereocenters. The van der Waals surface area contributed by atoms with Crippen LogP contribution in [0.1, 0.15) is 13.8 Å². The molecular weight excluding hydrogens is 208 g/mol. The summed E-state index contributed by atoms with van der Waals surface area (Å²) in [5.74, 6) is -1.19. The standard InChI is InChI=1S/C6H9F3O3P/c1-3-12-13(11)5(4(2)10)6(7,8)9/h5H,3H2,1-2H3/q+1. The maximum Gasteiger partial charge on any atom is 0.529 e.